The lowest BCUT2D eigenvalue weighted by atomic mass is 10.1. The number of nitrogens with one attached hydrogen (secondary N) is 2. The second-order valence-corrected chi connectivity index (χ2v) is 6.97. The number of hydrogen-bond acceptors (Lipinski definition) is 4. The maximum Gasteiger partial charge on any atom is 0.265 e. The summed E-state index contributed by atoms with van der Waals surface area (Å²) in [7, 11) is 0. The highest BCUT2D eigenvalue weighted by Crippen LogP contribution is 2.32. The van der Waals surface area contributed by atoms with Crippen LogP contribution in [0.1, 0.15) is 35.5 Å². The number of benzene rings is 2. The molecular weight excluding hydrogens is 368 g/mol. The molecule has 148 valence electrons. The van der Waals surface area contributed by atoms with Gasteiger partial charge in [-0.1, -0.05) is 25.1 Å². The van der Waals surface area contributed by atoms with Crippen molar-refractivity contribution < 1.29 is 14.3 Å². The molecule has 29 heavy (non-hydrogen) atoms. The molecule has 7 nitrogen and oxygen atoms in total. The summed E-state index contributed by atoms with van der Waals surface area (Å²) in [5.41, 5.74) is 4.49. The average molecular weight is 390 g/mol. The zero-order valence-electron chi connectivity index (χ0n) is 16.5. The average Bonchev–Trinajstić information content (AvgIpc) is 3.13. The number of hydrogen-bond donors (Lipinski definition) is 2. The van der Waals surface area contributed by atoms with Crippen molar-refractivity contribution in [2.75, 3.05) is 10.6 Å². The normalized spacial score (nSPS) is 15.3. The fourth-order valence-corrected chi connectivity index (χ4v) is 3.40. The van der Waals surface area contributed by atoms with E-state index < -0.39 is 6.10 Å². The van der Waals surface area contributed by atoms with Crippen LogP contribution in [-0.2, 0) is 11.2 Å². The number of fused-ring (bicyclic) bond motifs is 1. The minimum atomic E-state index is -0.540. The SMILES string of the molecule is CCc1c(C(=O)Nc2ccc3c(c2)NC(=O)[C@H](C)O3)cnn1-c1ccccc1C. The number of aromatic nitrogens is 2. The van der Waals surface area contributed by atoms with Gasteiger partial charge in [0.15, 0.2) is 6.10 Å². The molecule has 2 amide bonds. The molecule has 7 heteroatoms. The number of ether oxygens (including phenoxy) is 1. The first-order valence-corrected chi connectivity index (χ1v) is 9.53. The summed E-state index contributed by atoms with van der Waals surface area (Å²) in [5, 5.41) is 10.1. The highest BCUT2D eigenvalue weighted by atomic mass is 16.5. The molecule has 1 aliphatic heterocycles. The second kappa shape index (κ2) is 7.43. The first-order valence-electron chi connectivity index (χ1n) is 9.53. The lowest BCUT2D eigenvalue weighted by Crippen LogP contribution is -2.34. The third kappa shape index (κ3) is 3.47. The maximum absolute atomic E-state index is 12.9. The van der Waals surface area contributed by atoms with Crippen LogP contribution in [0.15, 0.2) is 48.7 Å². The first kappa shape index (κ1) is 18.7. The van der Waals surface area contributed by atoms with E-state index in [2.05, 4.69) is 15.7 Å². The van der Waals surface area contributed by atoms with Gasteiger partial charge in [-0.2, -0.15) is 5.10 Å². The van der Waals surface area contributed by atoms with E-state index in [0.717, 1.165) is 16.9 Å². The summed E-state index contributed by atoms with van der Waals surface area (Å²) in [6.45, 7) is 5.70. The largest absolute Gasteiger partial charge is 0.479 e. The van der Waals surface area contributed by atoms with E-state index in [-0.39, 0.29) is 11.8 Å². The number of para-hydroxylation sites is 1. The smallest absolute Gasteiger partial charge is 0.265 e. The summed E-state index contributed by atoms with van der Waals surface area (Å²) in [5.74, 6) is 0.114. The Kier molecular flexibility index (Phi) is 4.80. The molecule has 0 saturated heterocycles. The Morgan fingerprint density at radius 2 is 2.07 bits per heavy atom. The summed E-state index contributed by atoms with van der Waals surface area (Å²) < 4.78 is 7.36. The Bertz CT molecular complexity index is 1100. The molecule has 1 atom stereocenters. The lowest BCUT2D eigenvalue weighted by molar-refractivity contribution is -0.122. The number of aryl methyl sites for hydroxylation is 1. The van der Waals surface area contributed by atoms with Gasteiger partial charge in [0.25, 0.3) is 11.8 Å². The molecule has 0 fully saturated rings. The van der Waals surface area contributed by atoms with E-state index in [4.69, 9.17) is 4.74 Å². The predicted molar refractivity (Wildman–Crippen MR) is 111 cm³/mol. The molecule has 0 saturated carbocycles. The van der Waals surface area contributed by atoms with Crippen molar-refractivity contribution in [2.45, 2.75) is 33.3 Å². The summed E-state index contributed by atoms with van der Waals surface area (Å²) in [4.78, 5) is 24.8. The standard InChI is InChI=1S/C22H22N4O3/c1-4-18-16(12-23-26(18)19-8-6-5-7-13(19)2)22(28)24-15-9-10-20-17(11-15)25-21(27)14(3)29-20/h5-12,14H,4H2,1-3H3,(H,24,28)(H,25,27)/t14-/m0/s1. The van der Waals surface area contributed by atoms with Gasteiger partial charge in [0.1, 0.15) is 5.75 Å². The molecule has 0 radical (unpaired) electrons. The number of carbonyl (C=O) groups is 2. The number of anilines is 2. The van der Waals surface area contributed by atoms with E-state index in [0.29, 0.717) is 29.1 Å². The first-order chi connectivity index (χ1) is 14.0. The van der Waals surface area contributed by atoms with E-state index in [1.165, 1.54) is 0 Å². The van der Waals surface area contributed by atoms with Crippen molar-refractivity contribution in [3.8, 4) is 11.4 Å². The topological polar surface area (TPSA) is 85.2 Å². The van der Waals surface area contributed by atoms with Crippen molar-refractivity contribution in [1.29, 1.82) is 0 Å². The minimum absolute atomic E-state index is 0.214. The second-order valence-electron chi connectivity index (χ2n) is 6.97. The Labute approximate surface area is 168 Å². The summed E-state index contributed by atoms with van der Waals surface area (Å²) in [6, 6.07) is 13.1. The van der Waals surface area contributed by atoms with Gasteiger partial charge >= 0.3 is 0 Å². The Morgan fingerprint density at radius 3 is 2.83 bits per heavy atom. The number of nitrogens with zero attached hydrogens (tertiary/aromatic N) is 2. The Hall–Kier alpha value is -3.61. The third-order valence-electron chi connectivity index (χ3n) is 4.96. The van der Waals surface area contributed by atoms with Crippen molar-refractivity contribution in [3.63, 3.8) is 0 Å². The fraction of sp³-hybridized carbons (Fsp3) is 0.227. The molecule has 0 bridgehead atoms. The van der Waals surface area contributed by atoms with Crippen molar-refractivity contribution >= 4 is 23.2 Å². The van der Waals surface area contributed by atoms with Crippen LogP contribution >= 0.6 is 0 Å². The molecule has 2 aromatic carbocycles. The summed E-state index contributed by atoms with van der Waals surface area (Å²) in [6.07, 6.45) is 1.71. The molecule has 0 spiro atoms. The van der Waals surface area contributed by atoms with Crippen molar-refractivity contribution in [1.82, 2.24) is 9.78 Å². The predicted octanol–water partition coefficient (Wildman–Crippen LogP) is 3.71. The van der Waals surface area contributed by atoms with Crippen LogP contribution in [0.3, 0.4) is 0 Å². The van der Waals surface area contributed by atoms with E-state index in [9.17, 15) is 9.59 Å². The molecule has 2 heterocycles. The number of rotatable bonds is 4. The van der Waals surface area contributed by atoms with E-state index in [1.54, 1.807) is 31.3 Å². The van der Waals surface area contributed by atoms with Crippen LogP contribution in [0.25, 0.3) is 5.69 Å². The zero-order chi connectivity index (χ0) is 20.5. The monoisotopic (exact) mass is 390 g/mol. The van der Waals surface area contributed by atoms with Gasteiger partial charge in [-0.05, 0) is 50.1 Å². The van der Waals surface area contributed by atoms with Crippen LogP contribution < -0.4 is 15.4 Å². The van der Waals surface area contributed by atoms with Gasteiger partial charge in [-0.3, -0.25) is 9.59 Å². The Morgan fingerprint density at radius 1 is 1.28 bits per heavy atom. The van der Waals surface area contributed by atoms with E-state index >= 15 is 0 Å². The minimum Gasteiger partial charge on any atom is -0.479 e. The van der Waals surface area contributed by atoms with Crippen molar-refractivity contribution in [3.05, 3.63) is 65.5 Å². The van der Waals surface area contributed by atoms with Gasteiger partial charge in [0, 0.05) is 5.69 Å². The summed E-state index contributed by atoms with van der Waals surface area (Å²) >= 11 is 0. The number of carbonyl (C=O) groups excluding carboxylic acids is 2. The van der Waals surface area contributed by atoms with Crippen LogP contribution in [-0.4, -0.2) is 27.7 Å². The molecule has 1 aliphatic rings. The lowest BCUT2D eigenvalue weighted by Gasteiger charge is -2.23. The van der Waals surface area contributed by atoms with Gasteiger partial charge in [0.05, 0.1) is 28.8 Å². The third-order valence-corrected chi connectivity index (χ3v) is 4.96. The van der Waals surface area contributed by atoms with Crippen molar-refractivity contribution in [2.24, 2.45) is 0 Å². The van der Waals surface area contributed by atoms with Crippen LogP contribution in [0.2, 0.25) is 0 Å². The maximum atomic E-state index is 12.9. The zero-order valence-corrected chi connectivity index (χ0v) is 16.5. The highest BCUT2D eigenvalue weighted by Gasteiger charge is 2.24. The van der Waals surface area contributed by atoms with Crippen LogP contribution in [0.5, 0.6) is 5.75 Å². The Balaban J connectivity index is 1.61. The van der Waals surface area contributed by atoms with Gasteiger partial charge in [0.2, 0.25) is 0 Å². The fourth-order valence-electron chi connectivity index (χ4n) is 3.40. The van der Waals surface area contributed by atoms with Gasteiger partial charge in [-0.25, -0.2) is 4.68 Å². The molecule has 2 N–H and O–H groups in total. The molecule has 0 unspecified atom stereocenters. The van der Waals surface area contributed by atoms with Gasteiger partial charge < -0.3 is 15.4 Å². The van der Waals surface area contributed by atoms with E-state index in [1.807, 2.05) is 42.8 Å². The molecule has 3 aromatic rings. The number of amides is 2. The van der Waals surface area contributed by atoms with Crippen LogP contribution in [0, 0.1) is 6.92 Å². The molecule has 0 aliphatic carbocycles. The quantitative estimate of drug-likeness (QED) is 0.711. The molecule has 4 rings (SSSR count). The molecular formula is C22H22N4O3. The van der Waals surface area contributed by atoms with Crippen LogP contribution in [0.4, 0.5) is 11.4 Å². The highest BCUT2D eigenvalue weighted by molar-refractivity contribution is 6.06. The molecule has 1 aromatic heterocycles. The van der Waals surface area contributed by atoms with Gasteiger partial charge in [-0.15, -0.1) is 0 Å².